The van der Waals surface area contributed by atoms with Crippen LogP contribution in [-0.4, -0.2) is 29.1 Å². The minimum Gasteiger partial charge on any atom is -0.466 e. The lowest BCUT2D eigenvalue weighted by Gasteiger charge is -2.03. The summed E-state index contributed by atoms with van der Waals surface area (Å²) in [5.74, 6) is -1.18. The third kappa shape index (κ3) is 5.01. The van der Waals surface area contributed by atoms with E-state index in [1.165, 1.54) is 31.2 Å². The fraction of sp³-hybridized carbons (Fsp3) is 0.308. The van der Waals surface area contributed by atoms with Crippen molar-refractivity contribution < 1.29 is 19.2 Å². The summed E-state index contributed by atoms with van der Waals surface area (Å²) >= 11 is 0. The van der Waals surface area contributed by atoms with Gasteiger partial charge in [0.1, 0.15) is 5.56 Å². The molecular formula is C13H15N3O5. The molecule has 0 fully saturated rings. The standard InChI is InChI=1S/C13H15N3O5/c1-3-21-12(17)8-9(2)14-15-13(18)10-6-4-5-7-11(10)16(19)20/h4-7H,3,8H2,1-2H3,(H,15,18)/b14-9-. The van der Waals surface area contributed by atoms with Crippen LogP contribution in [0.4, 0.5) is 5.69 Å². The molecule has 0 saturated carbocycles. The lowest BCUT2D eigenvalue weighted by atomic mass is 10.2. The van der Waals surface area contributed by atoms with Crippen LogP contribution in [-0.2, 0) is 9.53 Å². The number of hydrogen-bond donors (Lipinski definition) is 1. The van der Waals surface area contributed by atoms with Crippen LogP contribution < -0.4 is 5.43 Å². The van der Waals surface area contributed by atoms with E-state index in [2.05, 4.69) is 10.5 Å². The highest BCUT2D eigenvalue weighted by molar-refractivity contribution is 6.01. The van der Waals surface area contributed by atoms with Gasteiger partial charge in [0.05, 0.1) is 18.0 Å². The highest BCUT2D eigenvalue weighted by Crippen LogP contribution is 2.17. The molecule has 1 aromatic carbocycles. The zero-order valence-electron chi connectivity index (χ0n) is 11.7. The Morgan fingerprint density at radius 3 is 2.67 bits per heavy atom. The number of rotatable bonds is 6. The molecule has 112 valence electrons. The Labute approximate surface area is 120 Å². The van der Waals surface area contributed by atoms with Crippen molar-refractivity contribution in [2.75, 3.05) is 6.61 Å². The van der Waals surface area contributed by atoms with Gasteiger partial charge in [-0.25, -0.2) is 5.43 Å². The van der Waals surface area contributed by atoms with Crippen molar-refractivity contribution in [3.05, 3.63) is 39.9 Å². The number of hydrogen-bond acceptors (Lipinski definition) is 6. The monoisotopic (exact) mass is 293 g/mol. The summed E-state index contributed by atoms with van der Waals surface area (Å²) < 4.78 is 4.73. The smallest absolute Gasteiger partial charge is 0.311 e. The Kier molecular flexibility index (Phi) is 5.99. The number of benzene rings is 1. The number of nitro groups is 1. The van der Waals surface area contributed by atoms with Crippen LogP contribution in [0.2, 0.25) is 0 Å². The first-order valence-electron chi connectivity index (χ1n) is 6.18. The van der Waals surface area contributed by atoms with Crippen LogP contribution in [0.15, 0.2) is 29.4 Å². The van der Waals surface area contributed by atoms with Gasteiger partial charge in [-0.2, -0.15) is 5.10 Å². The number of nitrogens with zero attached hydrogens (tertiary/aromatic N) is 2. The lowest BCUT2D eigenvalue weighted by Crippen LogP contribution is -2.21. The number of hydrazone groups is 1. The van der Waals surface area contributed by atoms with Crippen molar-refractivity contribution in [2.24, 2.45) is 5.10 Å². The van der Waals surface area contributed by atoms with Gasteiger partial charge in [0.2, 0.25) is 0 Å². The highest BCUT2D eigenvalue weighted by atomic mass is 16.6. The molecule has 0 aliphatic rings. The Balaban J connectivity index is 2.74. The average molecular weight is 293 g/mol. The maximum absolute atomic E-state index is 11.8. The summed E-state index contributed by atoms with van der Waals surface area (Å²) in [5.41, 5.74) is 2.10. The largest absolute Gasteiger partial charge is 0.466 e. The number of amides is 1. The molecule has 1 rings (SSSR count). The number of nitrogens with one attached hydrogen (secondary N) is 1. The van der Waals surface area contributed by atoms with Crippen LogP contribution in [0.25, 0.3) is 0 Å². The van der Waals surface area contributed by atoms with Crippen LogP contribution in [0.1, 0.15) is 30.6 Å². The number of ether oxygens (including phenoxy) is 1. The van der Waals surface area contributed by atoms with Crippen molar-refractivity contribution in [1.82, 2.24) is 5.43 Å². The van der Waals surface area contributed by atoms with Crippen LogP contribution in [0, 0.1) is 10.1 Å². The van der Waals surface area contributed by atoms with Crippen LogP contribution >= 0.6 is 0 Å². The van der Waals surface area contributed by atoms with E-state index >= 15 is 0 Å². The molecule has 0 bridgehead atoms. The van der Waals surface area contributed by atoms with Crippen molar-refractivity contribution in [2.45, 2.75) is 20.3 Å². The predicted octanol–water partition coefficient (Wildman–Crippen LogP) is 1.65. The summed E-state index contributed by atoms with van der Waals surface area (Å²) in [5, 5.41) is 14.5. The van der Waals surface area contributed by atoms with Gasteiger partial charge >= 0.3 is 5.97 Å². The number of para-hydroxylation sites is 1. The molecule has 8 heteroatoms. The molecule has 0 spiro atoms. The third-order valence-corrected chi connectivity index (χ3v) is 2.40. The SMILES string of the molecule is CCOC(=O)C/C(C)=N\NC(=O)c1ccccc1[N+](=O)[O-]. The first-order valence-corrected chi connectivity index (χ1v) is 6.18. The molecule has 0 atom stereocenters. The number of carbonyl (C=O) groups is 2. The Morgan fingerprint density at radius 1 is 1.38 bits per heavy atom. The van der Waals surface area contributed by atoms with E-state index in [4.69, 9.17) is 4.74 Å². The summed E-state index contributed by atoms with van der Waals surface area (Å²) in [6.45, 7) is 3.48. The molecule has 0 unspecified atom stereocenters. The first-order chi connectivity index (χ1) is 9.95. The number of esters is 1. The molecule has 0 aliphatic heterocycles. The normalized spacial score (nSPS) is 10.9. The van der Waals surface area contributed by atoms with Gasteiger partial charge in [-0.1, -0.05) is 12.1 Å². The fourth-order valence-electron chi connectivity index (χ4n) is 1.49. The molecular weight excluding hydrogens is 278 g/mol. The quantitative estimate of drug-likeness (QED) is 0.371. The van der Waals surface area contributed by atoms with Crippen molar-refractivity contribution in [3.63, 3.8) is 0 Å². The van der Waals surface area contributed by atoms with E-state index in [-0.39, 0.29) is 24.3 Å². The summed E-state index contributed by atoms with van der Waals surface area (Å²) in [4.78, 5) is 33.2. The molecule has 0 aliphatic carbocycles. The van der Waals surface area contributed by atoms with Gasteiger partial charge in [0, 0.05) is 11.8 Å². The topological polar surface area (TPSA) is 111 Å². The maximum atomic E-state index is 11.8. The minimum absolute atomic E-state index is 0.0645. The Morgan fingerprint density at radius 2 is 2.05 bits per heavy atom. The van der Waals surface area contributed by atoms with Gasteiger partial charge < -0.3 is 4.74 Å². The molecule has 0 saturated heterocycles. The minimum atomic E-state index is -0.717. The molecule has 1 aromatic rings. The molecule has 8 nitrogen and oxygen atoms in total. The van der Waals surface area contributed by atoms with Crippen LogP contribution in [0.3, 0.4) is 0 Å². The second-order valence-electron chi connectivity index (χ2n) is 4.04. The van der Waals surface area contributed by atoms with Crippen molar-refractivity contribution >= 4 is 23.3 Å². The van der Waals surface area contributed by atoms with Crippen molar-refractivity contribution in [1.29, 1.82) is 0 Å². The molecule has 21 heavy (non-hydrogen) atoms. The molecule has 0 radical (unpaired) electrons. The zero-order chi connectivity index (χ0) is 15.8. The van der Waals surface area contributed by atoms with Crippen LogP contribution in [0.5, 0.6) is 0 Å². The molecule has 0 heterocycles. The first kappa shape index (κ1) is 16.3. The lowest BCUT2D eigenvalue weighted by molar-refractivity contribution is -0.385. The number of nitro benzene ring substituents is 1. The summed E-state index contributed by atoms with van der Waals surface area (Å²) in [6.07, 6.45) is -0.0645. The average Bonchev–Trinajstić information content (AvgIpc) is 2.44. The summed E-state index contributed by atoms with van der Waals surface area (Å²) in [6, 6.07) is 5.52. The molecule has 1 amide bonds. The van der Waals surface area contributed by atoms with Gasteiger partial charge in [0.15, 0.2) is 0 Å². The third-order valence-electron chi connectivity index (χ3n) is 2.40. The Hall–Kier alpha value is -2.77. The van der Waals surface area contributed by atoms with E-state index in [0.717, 1.165) is 0 Å². The predicted molar refractivity (Wildman–Crippen MR) is 74.9 cm³/mol. The van der Waals surface area contributed by atoms with Crippen molar-refractivity contribution in [3.8, 4) is 0 Å². The zero-order valence-corrected chi connectivity index (χ0v) is 11.7. The molecule has 1 N–H and O–H groups in total. The highest BCUT2D eigenvalue weighted by Gasteiger charge is 2.18. The second-order valence-corrected chi connectivity index (χ2v) is 4.04. The van der Waals surface area contributed by atoms with Gasteiger partial charge in [-0.3, -0.25) is 19.7 Å². The Bertz CT molecular complexity index is 583. The number of carbonyl (C=O) groups excluding carboxylic acids is 2. The molecule has 0 aromatic heterocycles. The summed E-state index contributed by atoms with van der Waals surface area (Å²) in [7, 11) is 0. The van der Waals surface area contributed by atoms with E-state index in [9.17, 15) is 19.7 Å². The maximum Gasteiger partial charge on any atom is 0.311 e. The van der Waals surface area contributed by atoms with E-state index in [1.807, 2.05) is 0 Å². The van der Waals surface area contributed by atoms with E-state index < -0.39 is 16.8 Å². The van der Waals surface area contributed by atoms with Gasteiger partial charge in [-0.15, -0.1) is 0 Å². The van der Waals surface area contributed by atoms with Gasteiger partial charge in [0.25, 0.3) is 11.6 Å². The van der Waals surface area contributed by atoms with Gasteiger partial charge in [-0.05, 0) is 19.9 Å². The second kappa shape index (κ2) is 7.73. The fourth-order valence-corrected chi connectivity index (χ4v) is 1.49. The van der Waals surface area contributed by atoms with E-state index in [0.29, 0.717) is 5.71 Å². The van der Waals surface area contributed by atoms with E-state index in [1.54, 1.807) is 6.92 Å².